The van der Waals surface area contributed by atoms with Crippen molar-refractivity contribution in [3.63, 3.8) is 0 Å². The molecule has 2 aromatic carbocycles. The zero-order valence-corrected chi connectivity index (χ0v) is 19.0. The summed E-state index contributed by atoms with van der Waals surface area (Å²) in [6.07, 6.45) is 0.113. The number of amides is 2. The number of rotatable bonds is 6. The van der Waals surface area contributed by atoms with E-state index < -0.39 is 24.1 Å². The molecule has 2 N–H and O–H groups in total. The third-order valence-electron chi connectivity index (χ3n) is 7.09. The summed E-state index contributed by atoms with van der Waals surface area (Å²) in [5.41, 5.74) is 4.56. The number of carboxylic acids is 1. The summed E-state index contributed by atoms with van der Waals surface area (Å²) in [6, 6.07) is 14.6. The second-order valence-corrected chi connectivity index (χ2v) is 9.23. The van der Waals surface area contributed by atoms with Crippen molar-refractivity contribution in [3.05, 3.63) is 59.7 Å². The second-order valence-electron chi connectivity index (χ2n) is 9.23. The van der Waals surface area contributed by atoms with Gasteiger partial charge in [-0.25, -0.2) is 9.59 Å². The summed E-state index contributed by atoms with van der Waals surface area (Å²) in [5.74, 6) is -1.37. The van der Waals surface area contributed by atoms with Crippen LogP contribution in [0.5, 0.6) is 0 Å². The van der Waals surface area contributed by atoms with Crippen LogP contribution in [0.2, 0.25) is 0 Å². The highest BCUT2D eigenvalue weighted by Gasteiger charge is 2.49. The highest BCUT2D eigenvalue weighted by Crippen LogP contribution is 2.44. The third kappa shape index (κ3) is 4.03. The molecule has 2 aromatic rings. The lowest BCUT2D eigenvalue weighted by molar-refractivity contribution is -0.149. The first-order valence-corrected chi connectivity index (χ1v) is 11.7. The van der Waals surface area contributed by atoms with Gasteiger partial charge in [0.05, 0.1) is 12.1 Å². The second kappa shape index (κ2) is 9.10. The lowest BCUT2D eigenvalue weighted by Crippen LogP contribution is -2.47. The average molecular weight is 465 g/mol. The predicted octanol–water partition coefficient (Wildman–Crippen LogP) is 3.15. The van der Waals surface area contributed by atoms with E-state index in [2.05, 4.69) is 29.6 Å². The highest BCUT2D eigenvalue weighted by molar-refractivity contribution is 5.85. The standard InChI is InChI=1S/C26H28N2O6/c1-15(12-24(29)28-21-10-11-33-23(21)13-22(28)25(30)31)27-26(32)34-14-20-18-8-4-2-6-16(18)17-7-3-5-9-19(17)20/h2-9,15,20-23H,10-14H2,1H3,(H,27,32)(H,30,31). The molecule has 4 unspecified atom stereocenters. The minimum Gasteiger partial charge on any atom is -0.480 e. The van der Waals surface area contributed by atoms with Crippen LogP contribution in [-0.4, -0.2) is 65.4 Å². The molecule has 8 nitrogen and oxygen atoms in total. The Morgan fingerprint density at radius 3 is 2.41 bits per heavy atom. The van der Waals surface area contributed by atoms with Crippen molar-refractivity contribution in [2.75, 3.05) is 13.2 Å². The maximum absolute atomic E-state index is 13.0. The number of carboxylic acid groups (broad SMARTS) is 1. The lowest BCUT2D eigenvalue weighted by atomic mass is 9.98. The van der Waals surface area contributed by atoms with Gasteiger partial charge in [0.1, 0.15) is 12.6 Å². The fourth-order valence-corrected chi connectivity index (χ4v) is 5.58. The van der Waals surface area contributed by atoms with Crippen molar-refractivity contribution in [2.24, 2.45) is 0 Å². The van der Waals surface area contributed by atoms with E-state index in [1.54, 1.807) is 6.92 Å². The van der Waals surface area contributed by atoms with Gasteiger partial charge < -0.3 is 24.8 Å². The maximum atomic E-state index is 13.0. The van der Waals surface area contributed by atoms with Crippen LogP contribution in [0.4, 0.5) is 4.79 Å². The summed E-state index contributed by atoms with van der Waals surface area (Å²) in [6.45, 7) is 2.43. The number of nitrogens with one attached hydrogen (secondary N) is 1. The average Bonchev–Trinajstić information content (AvgIpc) is 3.49. The molecular formula is C26H28N2O6. The van der Waals surface area contributed by atoms with Crippen molar-refractivity contribution in [3.8, 4) is 11.1 Å². The normalized spacial score (nSPS) is 23.7. The molecule has 0 radical (unpaired) electrons. The fourth-order valence-electron chi connectivity index (χ4n) is 5.58. The van der Waals surface area contributed by atoms with Crippen molar-refractivity contribution in [2.45, 2.75) is 56.3 Å². The minimum absolute atomic E-state index is 0.00278. The van der Waals surface area contributed by atoms with E-state index in [1.807, 2.05) is 24.3 Å². The summed E-state index contributed by atoms with van der Waals surface area (Å²) in [4.78, 5) is 38.6. The number of alkyl carbamates (subject to hydrolysis) is 1. The summed E-state index contributed by atoms with van der Waals surface area (Å²) < 4.78 is 11.1. The van der Waals surface area contributed by atoms with Gasteiger partial charge in [0.2, 0.25) is 5.91 Å². The van der Waals surface area contributed by atoms with Crippen molar-refractivity contribution in [1.82, 2.24) is 10.2 Å². The van der Waals surface area contributed by atoms with Crippen LogP contribution < -0.4 is 5.32 Å². The first-order chi connectivity index (χ1) is 16.4. The SMILES string of the molecule is CC(CC(=O)N1C(C(=O)O)CC2OCCC21)NC(=O)OCC1c2ccccc2-c2ccccc21. The third-order valence-corrected chi connectivity index (χ3v) is 7.09. The first-order valence-electron chi connectivity index (χ1n) is 11.7. The monoisotopic (exact) mass is 464 g/mol. The topological polar surface area (TPSA) is 105 Å². The molecule has 2 heterocycles. The maximum Gasteiger partial charge on any atom is 0.407 e. The molecule has 2 aliphatic heterocycles. The molecule has 0 spiro atoms. The highest BCUT2D eigenvalue weighted by atomic mass is 16.5. The molecule has 8 heteroatoms. The van der Waals surface area contributed by atoms with Gasteiger partial charge in [-0.05, 0) is 35.6 Å². The molecule has 2 amide bonds. The Balaban J connectivity index is 1.18. The summed E-state index contributed by atoms with van der Waals surface area (Å²) in [5, 5.41) is 12.3. The Bertz CT molecular complexity index is 1070. The summed E-state index contributed by atoms with van der Waals surface area (Å²) in [7, 11) is 0. The van der Waals surface area contributed by atoms with Gasteiger partial charge in [-0.15, -0.1) is 0 Å². The van der Waals surface area contributed by atoms with E-state index in [9.17, 15) is 19.5 Å². The molecule has 178 valence electrons. The Kier molecular flexibility index (Phi) is 6.00. The fraction of sp³-hybridized carbons (Fsp3) is 0.423. The minimum atomic E-state index is -1.02. The molecule has 5 rings (SSSR count). The predicted molar refractivity (Wildman–Crippen MR) is 123 cm³/mol. The van der Waals surface area contributed by atoms with E-state index in [-0.39, 0.29) is 37.0 Å². The number of carbonyl (C=O) groups excluding carboxylic acids is 2. The molecule has 0 saturated carbocycles. The number of hydrogen-bond donors (Lipinski definition) is 2. The Hall–Kier alpha value is -3.39. The zero-order valence-electron chi connectivity index (χ0n) is 19.0. The Morgan fingerprint density at radius 1 is 1.12 bits per heavy atom. The molecule has 0 aromatic heterocycles. The number of ether oxygens (including phenoxy) is 2. The number of likely N-dealkylation sites (tertiary alicyclic amines) is 1. The molecule has 4 atom stereocenters. The van der Waals surface area contributed by atoms with E-state index in [1.165, 1.54) is 4.90 Å². The van der Waals surface area contributed by atoms with Crippen molar-refractivity contribution >= 4 is 18.0 Å². The number of hydrogen-bond acceptors (Lipinski definition) is 5. The van der Waals surface area contributed by atoms with Gasteiger partial charge in [0, 0.05) is 31.4 Å². The van der Waals surface area contributed by atoms with Gasteiger partial charge in [-0.3, -0.25) is 4.79 Å². The molecule has 2 fully saturated rings. The molecule has 3 aliphatic rings. The number of fused-ring (bicyclic) bond motifs is 4. The number of carbonyl (C=O) groups is 3. The van der Waals surface area contributed by atoms with E-state index in [0.29, 0.717) is 19.4 Å². The van der Waals surface area contributed by atoms with E-state index in [0.717, 1.165) is 22.3 Å². The number of aliphatic carboxylic acids is 1. The molecule has 2 saturated heterocycles. The summed E-state index contributed by atoms with van der Waals surface area (Å²) >= 11 is 0. The largest absolute Gasteiger partial charge is 0.480 e. The molecule has 0 bridgehead atoms. The van der Waals surface area contributed by atoms with Crippen LogP contribution in [-0.2, 0) is 19.1 Å². The van der Waals surface area contributed by atoms with E-state index in [4.69, 9.17) is 9.47 Å². The van der Waals surface area contributed by atoms with Gasteiger partial charge in [0.15, 0.2) is 0 Å². The van der Waals surface area contributed by atoms with Gasteiger partial charge in [-0.2, -0.15) is 0 Å². The Labute approximate surface area is 197 Å². The molecular weight excluding hydrogens is 436 g/mol. The lowest BCUT2D eigenvalue weighted by Gasteiger charge is -2.28. The van der Waals surface area contributed by atoms with Gasteiger partial charge >= 0.3 is 12.1 Å². The van der Waals surface area contributed by atoms with Crippen LogP contribution in [0.15, 0.2) is 48.5 Å². The van der Waals surface area contributed by atoms with Gasteiger partial charge in [-0.1, -0.05) is 48.5 Å². The van der Waals surface area contributed by atoms with Crippen LogP contribution in [0.1, 0.15) is 43.2 Å². The first kappa shape index (κ1) is 22.4. The smallest absolute Gasteiger partial charge is 0.407 e. The van der Waals surface area contributed by atoms with Crippen LogP contribution in [0.25, 0.3) is 11.1 Å². The van der Waals surface area contributed by atoms with Crippen LogP contribution in [0.3, 0.4) is 0 Å². The van der Waals surface area contributed by atoms with Gasteiger partial charge in [0.25, 0.3) is 0 Å². The van der Waals surface area contributed by atoms with Crippen LogP contribution in [0, 0.1) is 0 Å². The Morgan fingerprint density at radius 2 is 1.76 bits per heavy atom. The van der Waals surface area contributed by atoms with Crippen molar-refractivity contribution in [1.29, 1.82) is 0 Å². The number of benzene rings is 2. The molecule has 1 aliphatic carbocycles. The quantitative estimate of drug-likeness (QED) is 0.681. The van der Waals surface area contributed by atoms with Crippen molar-refractivity contribution < 1.29 is 29.0 Å². The number of nitrogens with zero attached hydrogens (tertiary/aromatic N) is 1. The molecule has 34 heavy (non-hydrogen) atoms. The van der Waals surface area contributed by atoms with E-state index >= 15 is 0 Å². The zero-order chi connectivity index (χ0) is 23.8. The van der Waals surface area contributed by atoms with Crippen LogP contribution >= 0.6 is 0 Å².